The zero-order valence-electron chi connectivity index (χ0n) is 15.8. The molecule has 29 heavy (non-hydrogen) atoms. The lowest BCUT2D eigenvalue weighted by Gasteiger charge is -2.20. The number of hydrogen-bond acceptors (Lipinski definition) is 4. The van der Waals surface area contributed by atoms with Gasteiger partial charge in [0.25, 0.3) is 5.91 Å². The summed E-state index contributed by atoms with van der Waals surface area (Å²) in [6.45, 7) is 4.12. The quantitative estimate of drug-likeness (QED) is 0.451. The standard InChI is InChI=1S/C22H17F2N3OS/c1-13-5-6-16(8-14(13)2)21(28)27(12-15-4-3-7-25-11-15)22-26-20-18(24)9-17(23)10-19(20)29-22/h3-11H,12H2,1-2H3. The van der Waals surface area contributed by atoms with E-state index in [9.17, 15) is 13.6 Å². The number of hydrogen-bond donors (Lipinski definition) is 0. The molecule has 4 rings (SSSR count). The van der Waals surface area contributed by atoms with Gasteiger partial charge in [-0.15, -0.1) is 0 Å². The number of halogens is 2. The zero-order chi connectivity index (χ0) is 20.5. The van der Waals surface area contributed by atoms with Gasteiger partial charge in [0.05, 0.1) is 11.2 Å². The Hall–Kier alpha value is -3.19. The monoisotopic (exact) mass is 409 g/mol. The van der Waals surface area contributed by atoms with Gasteiger partial charge >= 0.3 is 0 Å². The van der Waals surface area contributed by atoms with E-state index < -0.39 is 11.6 Å². The van der Waals surface area contributed by atoms with Crippen molar-refractivity contribution in [3.8, 4) is 0 Å². The van der Waals surface area contributed by atoms with E-state index in [1.54, 1.807) is 24.5 Å². The summed E-state index contributed by atoms with van der Waals surface area (Å²) in [5, 5.41) is 0.302. The molecule has 0 atom stereocenters. The minimum atomic E-state index is -0.748. The van der Waals surface area contributed by atoms with Crippen LogP contribution in [-0.2, 0) is 6.54 Å². The van der Waals surface area contributed by atoms with Crippen molar-refractivity contribution in [3.63, 3.8) is 0 Å². The molecular formula is C22H17F2N3OS. The van der Waals surface area contributed by atoms with Crippen LogP contribution in [0.4, 0.5) is 13.9 Å². The van der Waals surface area contributed by atoms with E-state index in [1.807, 2.05) is 32.0 Å². The van der Waals surface area contributed by atoms with Crippen molar-refractivity contribution in [2.24, 2.45) is 0 Å². The lowest BCUT2D eigenvalue weighted by Crippen LogP contribution is -2.30. The first-order chi connectivity index (χ1) is 13.9. The number of benzene rings is 2. The summed E-state index contributed by atoms with van der Waals surface area (Å²) < 4.78 is 28.1. The third kappa shape index (κ3) is 3.86. The van der Waals surface area contributed by atoms with E-state index in [0.717, 1.165) is 34.1 Å². The smallest absolute Gasteiger partial charge is 0.260 e. The van der Waals surface area contributed by atoms with Crippen LogP contribution in [0.1, 0.15) is 27.0 Å². The molecule has 0 aliphatic heterocycles. The second kappa shape index (κ2) is 7.67. The molecule has 0 fully saturated rings. The van der Waals surface area contributed by atoms with Gasteiger partial charge in [0.1, 0.15) is 11.3 Å². The molecule has 4 nitrogen and oxygen atoms in total. The molecule has 1 amide bonds. The highest BCUT2D eigenvalue weighted by molar-refractivity contribution is 7.22. The molecule has 2 aromatic carbocycles. The van der Waals surface area contributed by atoms with E-state index in [0.29, 0.717) is 15.4 Å². The maximum atomic E-state index is 14.2. The number of aryl methyl sites for hydroxylation is 2. The van der Waals surface area contributed by atoms with Crippen LogP contribution in [0.3, 0.4) is 0 Å². The molecule has 0 unspecified atom stereocenters. The van der Waals surface area contributed by atoms with Gasteiger partial charge in [-0.3, -0.25) is 14.7 Å². The molecule has 0 aliphatic carbocycles. The fourth-order valence-corrected chi connectivity index (χ4v) is 3.99. The number of carbonyl (C=O) groups is 1. The summed E-state index contributed by atoms with van der Waals surface area (Å²) in [6.07, 6.45) is 3.31. The Morgan fingerprint density at radius 2 is 1.93 bits per heavy atom. The first-order valence-corrected chi connectivity index (χ1v) is 9.77. The van der Waals surface area contributed by atoms with Gasteiger partial charge in [-0.05, 0) is 54.8 Å². The number of anilines is 1. The Morgan fingerprint density at radius 1 is 1.10 bits per heavy atom. The SMILES string of the molecule is Cc1ccc(C(=O)N(Cc2cccnc2)c2nc3c(F)cc(F)cc3s2)cc1C. The highest BCUT2D eigenvalue weighted by Crippen LogP contribution is 2.33. The molecule has 0 spiro atoms. The number of thiazole rings is 1. The first kappa shape index (κ1) is 19.1. The Balaban J connectivity index is 1.80. The van der Waals surface area contributed by atoms with Crippen molar-refractivity contribution in [2.45, 2.75) is 20.4 Å². The maximum absolute atomic E-state index is 14.2. The first-order valence-electron chi connectivity index (χ1n) is 8.96. The molecule has 0 aliphatic rings. The molecule has 4 aromatic rings. The van der Waals surface area contributed by atoms with Crippen LogP contribution in [0.2, 0.25) is 0 Å². The Bertz CT molecular complexity index is 1210. The number of amides is 1. The number of nitrogens with zero attached hydrogens (tertiary/aromatic N) is 3. The fourth-order valence-electron chi connectivity index (χ4n) is 2.99. The van der Waals surface area contributed by atoms with Crippen molar-refractivity contribution in [1.29, 1.82) is 0 Å². The topological polar surface area (TPSA) is 46.1 Å². The van der Waals surface area contributed by atoms with Gasteiger partial charge in [-0.2, -0.15) is 0 Å². The normalized spacial score (nSPS) is 11.0. The van der Waals surface area contributed by atoms with Crippen LogP contribution in [0.5, 0.6) is 0 Å². The van der Waals surface area contributed by atoms with Gasteiger partial charge in [-0.25, -0.2) is 13.8 Å². The molecular weight excluding hydrogens is 392 g/mol. The second-order valence-corrected chi connectivity index (χ2v) is 7.79. The Morgan fingerprint density at radius 3 is 2.66 bits per heavy atom. The molecule has 0 bridgehead atoms. The number of aromatic nitrogens is 2. The van der Waals surface area contributed by atoms with Crippen LogP contribution in [0.15, 0.2) is 54.9 Å². The van der Waals surface area contributed by atoms with Crippen molar-refractivity contribution < 1.29 is 13.6 Å². The van der Waals surface area contributed by atoms with Gasteiger partial charge in [0, 0.05) is 24.0 Å². The molecule has 0 saturated carbocycles. The Kier molecular flexibility index (Phi) is 5.07. The Labute approximate surface area is 170 Å². The van der Waals surface area contributed by atoms with Crippen molar-refractivity contribution in [2.75, 3.05) is 4.90 Å². The molecule has 0 radical (unpaired) electrons. The van der Waals surface area contributed by atoms with E-state index >= 15 is 0 Å². The number of fused-ring (bicyclic) bond motifs is 1. The predicted octanol–water partition coefficient (Wildman–Crippen LogP) is 5.43. The predicted molar refractivity (Wildman–Crippen MR) is 110 cm³/mol. The average Bonchev–Trinajstić information content (AvgIpc) is 3.12. The zero-order valence-corrected chi connectivity index (χ0v) is 16.6. The summed E-state index contributed by atoms with van der Waals surface area (Å²) >= 11 is 1.08. The van der Waals surface area contributed by atoms with E-state index in [-0.39, 0.29) is 18.0 Å². The van der Waals surface area contributed by atoms with Crippen LogP contribution < -0.4 is 4.90 Å². The van der Waals surface area contributed by atoms with Gasteiger partial charge in [0.2, 0.25) is 0 Å². The minimum Gasteiger partial charge on any atom is -0.279 e. The largest absolute Gasteiger partial charge is 0.279 e. The summed E-state index contributed by atoms with van der Waals surface area (Å²) in [4.78, 5) is 23.2. The van der Waals surface area contributed by atoms with Crippen molar-refractivity contribution in [3.05, 3.63) is 88.7 Å². The molecule has 146 valence electrons. The molecule has 7 heteroatoms. The van der Waals surface area contributed by atoms with Gasteiger partial charge < -0.3 is 0 Å². The third-order valence-electron chi connectivity index (χ3n) is 4.70. The highest BCUT2D eigenvalue weighted by atomic mass is 32.1. The minimum absolute atomic E-state index is 0.0514. The van der Waals surface area contributed by atoms with Crippen LogP contribution in [0.25, 0.3) is 10.2 Å². The van der Waals surface area contributed by atoms with Gasteiger partial charge in [0.15, 0.2) is 10.9 Å². The molecule has 2 heterocycles. The average molecular weight is 409 g/mol. The summed E-state index contributed by atoms with van der Waals surface area (Å²) in [6, 6.07) is 11.1. The fraction of sp³-hybridized carbons (Fsp3) is 0.136. The van der Waals surface area contributed by atoms with Crippen molar-refractivity contribution >= 4 is 32.6 Å². The summed E-state index contributed by atoms with van der Waals surface area (Å²) in [5.41, 5.74) is 3.43. The number of carbonyl (C=O) groups excluding carboxylic acids is 1. The lowest BCUT2D eigenvalue weighted by molar-refractivity contribution is 0.0985. The van der Waals surface area contributed by atoms with Crippen molar-refractivity contribution in [1.82, 2.24) is 9.97 Å². The molecule has 0 N–H and O–H groups in total. The van der Waals surface area contributed by atoms with E-state index in [1.165, 1.54) is 11.0 Å². The lowest BCUT2D eigenvalue weighted by atomic mass is 10.1. The summed E-state index contributed by atoms with van der Waals surface area (Å²) in [5.74, 6) is -1.69. The van der Waals surface area contributed by atoms with Crippen LogP contribution in [-0.4, -0.2) is 15.9 Å². The molecule has 2 aromatic heterocycles. The second-order valence-electron chi connectivity index (χ2n) is 6.78. The summed E-state index contributed by atoms with van der Waals surface area (Å²) in [7, 11) is 0. The molecule has 0 saturated heterocycles. The van der Waals surface area contributed by atoms with Crippen LogP contribution in [0, 0.1) is 25.5 Å². The van der Waals surface area contributed by atoms with E-state index in [2.05, 4.69) is 9.97 Å². The number of rotatable bonds is 4. The highest BCUT2D eigenvalue weighted by Gasteiger charge is 2.23. The van der Waals surface area contributed by atoms with E-state index in [4.69, 9.17) is 0 Å². The third-order valence-corrected chi connectivity index (χ3v) is 5.72. The van der Waals surface area contributed by atoms with Crippen LogP contribution >= 0.6 is 11.3 Å². The van der Waals surface area contributed by atoms with Gasteiger partial charge in [-0.1, -0.05) is 23.5 Å². The number of pyridine rings is 1. The maximum Gasteiger partial charge on any atom is 0.260 e.